The van der Waals surface area contributed by atoms with E-state index in [0.717, 1.165) is 0 Å². The van der Waals surface area contributed by atoms with Crippen LogP contribution in [0.3, 0.4) is 0 Å². The maximum Gasteiger partial charge on any atom is 0.322 e. The first-order valence-corrected chi connectivity index (χ1v) is 7.91. The lowest BCUT2D eigenvalue weighted by atomic mass is 10.3. The van der Waals surface area contributed by atoms with Crippen LogP contribution in [0.25, 0.3) is 0 Å². The molecule has 0 aromatic heterocycles. The van der Waals surface area contributed by atoms with E-state index in [1.807, 2.05) is 39.0 Å². The molecule has 0 radical (unpaired) electrons. The number of rotatable bonds is 5. The fraction of sp³-hybridized carbons (Fsp3) is 0.500. The van der Waals surface area contributed by atoms with Crippen molar-refractivity contribution in [2.75, 3.05) is 0 Å². The molecule has 0 amide bonds. The lowest BCUT2D eigenvalue weighted by Gasteiger charge is -2.33. The molecule has 1 aromatic rings. The van der Waals surface area contributed by atoms with Crippen LogP contribution in [0.4, 0.5) is 0 Å². The smallest absolute Gasteiger partial charge is 0.322 e. The summed E-state index contributed by atoms with van der Waals surface area (Å²) >= 11 is 0. The molecule has 106 valence electrons. The molecule has 1 rings (SSSR count). The molecule has 2 atom stereocenters. The number of carbonyl (C=O) groups is 1. The highest BCUT2D eigenvalue weighted by Gasteiger charge is 2.41. The molecule has 2 unspecified atom stereocenters. The molecule has 1 N–H and O–H groups in total. The van der Waals surface area contributed by atoms with E-state index in [0.29, 0.717) is 5.75 Å². The number of nitrogens with one attached hydrogen (secondary N) is 1. The van der Waals surface area contributed by atoms with Gasteiger partial charge in [0.05, 0.1) is 11.2 Å². The zero-order valence-electron chi connectivity index (χ0n) is 12.1. The van der Waals surface area contributed by atoms with Gasteiger partial charge in [0.1, 0.15) is 11.5 Å². The molecule has 0 saturated carbocycles. The second kappa shape index (κ2) is 5.89. The van der Waals surface area contributed by atoms with E-state index in [-0.39, 0.29) is 5.78 Å². The number of carbonyl (C=O) groups excluding carboxylic acids is 1. The molecule has 0 saturated heterocycles. The Kier molecular flexibility index (Phi) is 4.94. The minimum absolute atomic E-state index is 0.0684. The molecule has 0 heterocycles. The molecule has 19 heavy (non-hydrogen) atoms. The van der Waals surface area contributed by atoms with Crippen molar-refractivity contribution in [3.8, 4) is 5.75 Å². The van der Waals surface area contributed by atoms with Gasteiger partial charge in [0.15, 0.2) is 0 Å². The molecule has 4 nitrogen and oxygen atoms in total. The third-order valence-electron chi connectivity index (χ3n) is 2.83. The zero-order valence-corrected chi connectivity index (χ0v) is 13.0. The Morgan fingerprint density at radius 1 is 1.26 bits per heavy atom. The third-order valence-corrected chi connectivity index (χ3v) is 5.80. The van der Waals surface area contributed by atoms with Gasteiger partial charge in [0, 0.05) is 0 Å². The highest BCUT2D eigenvalue weighted by Crippen LogP contribution is 2.55. The Bertz CT molecular complexity index is 479. The van der Waals surface area contributed by atoms with Gasteiger partial charge in [0.2, 0.25) is 0 Å². The summed E-state index contributed by atoms with van der Waals surface area (Å²) in [5, 5.41) is 2.26. The van der Waals surface area contributed by atoms with Crippen molar-refractivity contribution in [3.05, 3.63) is 30.3 Å². The number of hydrogen-bond acceptors (Lipinski definition) is 3. The number of benzene rings is 1. The fourth-order valence-electron chi connectivity index (χ4n) is 1.33. The van der Waals surface area contributed by atoms with Crippen molar-refractivity contribution >= 4 is 13.3 Å². The average molecular weight is 283 g/mol. The van der Waals surface area contributed by atoms with Gasteiger partial charge in [0.25, 0.3) is 0 Å². The van der Waals surface area contributed by atoms with Gasteiger partial charge in [-0.25, -0.2) is 5.09 Å². The first kappa shape index (κ1) is 15.9. The Morgan fingerprint density at radius 3 is 2.21 bits per heavy atom. The maximum absolute atomic E-state index is 13.0. The molecule has 0 aliphatic heterocycles. The van der Waals surface area contributed by atoms with E-state index >= 15 is 0 Å². The number of para-hydroxylation sites is 1. The summed E-state index contributed by atoms with van der Waals surface area (Å²) in [6.45, 7) is 8.64. The monoisotopic (exact) mass is 283 g/mol. The van der Waals surface area contributed by atoms with Crippen LogP contribution in [0, 0.1) is 0 Å². The zero-order chi connectivity index (χ0) is 14.7. The SMILES string of the molecule is CC(=O)C(C)NP(=O)(Oc1ccccc1)C(C)(C)C. The number of Topliss-reactive ketones (excluding diaryl/α,β-unsaturated/α-hetero) is 1. The normalized spacial score (nSPS) is 16.5. The van der Waals surface area contributed by atoms with E-state index < -0.39 is 18.7 Å². The quantitative estimate of drug-likeness (QED) is 0.838. The predicted octanol–water partition coefficient (Wildman–Crippen LogP) is 3.62. The van der Waals surface area contributed by atoms with Gasteiger partial charge in [-0.2, -0.15) is 0 Å². The van der Waals surface area contributed by atoms with Crippen LogP contribution >= 0.6 is 7.52 Å². The Labute approximate surface area is 115 Å². The highest BCUT2D eigenvalue weighted by molar-refractivity contribution is 7.59. The summed E-state index contributed by atoms with van der Waals surface area (Å²) in [4.78, 5) is 11.4. The summed E-state index contributed by atoms with van der Waals surface area (Å²) in [6, 6.07) is 8.49. The Balaban J connectivity index is 3.01. The summed E-state index contributed by atoms with van der Waals surface area (Å²) in [7, 11) is -3.21. The van der Waals surface area contributed by atoms with Gasteiger partial charge >= 0.3 is 7.52 Å². The van der Waals surface area contributed by atoms with Gasteiger partial charge < -0.3 is 4.52 Å². The summed E-state index contributed by atoms with van der Waals surface area (Å²) in [5.41, 5.74) is 0. The van der Waals surface area contributed by atoms with E-state index in [1.54, 1.807) is 19.1 Å². The van der Waals surface area contributed by atoms with Gasteiger partial charge in [-0.15, -0.1) is 0 Å². The van der Waals surface area contributed by atoms with Crippen molar-refractivity contribution in [3.63, 3.8) is 0 Å². The standard InChI is InChI=1S/C14H22NO3P/c1-11(12(2)16)15-19(17,14(3,4)5)18-13-9-7-6-8-10-13/h6-11H,1-5H3,(H,15,17). The Hall–Kier alpha value is -1.12. The predicted molar refractivity (Wildman–Crippen MR) is 77.7 cm³/mol. The van der Waals surface area contributed by atoms with Crippen molar-refractivity contribution in [2.45, 2.75) is 45.8 Å². The maximum atomic E-state index is 13.0. The molecule has 5 heteroatoms. The van der Waals surface area contributed by atoms with Crippen molar-refractivity contribution < 1.29 is 13.9 Å². The van der Waals surface area contributed by atoms with Crippen LogP contribution in [0.2, 0.25) is 0 Å². The number of hydrogen-bond donors (Lipinski definition) is 1. The first-order valence-electron chi connectivity index (χ1n) is 6.29. The van der Waals surface area contributed by atoms with Crippen LogP contribution in [0.5, 0.6) is 5.75 Å². The van der Waals surface area contributed by atoms with Crippen LogP contribution in [0.1, 0.15) is 34.6 Å². The molecule has 0 aliphatic rings. The van der Waals surface area contributed by atoms with E-state index in [1.165, 1.54) is 6.92 Å². The molecule has 0 bridgehead atoms. The fourth-order valence-corrected chi connectivity index (χ4v) is 3.16. The lowest BCUT2D eigenvalue weighted by molar-refractivity contribution is -0.118. The largest absolute Gasteiger partial charge is 0.432 e. The highest BCUT2D eigenvalue weighted by atomic mass is 31.2. The molecular weight excluding hydrogens is 261 g/mol. The van der Waals surface area contributed by atoms with E-state index in [9.17, 15) is 9.36 Å². The second-order valence-corrected chi connectivity index (χ2v) is 8.47. The first-order chi connectivity index (χ1) is 8.66. The summed E-state index contributed by atoms with van der Waals surface area (Å²) in [5.74, 6) is 0.463. The summed E-state index contributed by atoms with van der Waals surface area (Å²) in [6.07, 6.45) is 0. The van der Waals surface area contributed by atoms with Gasteiger partial charge in [-0.05, 0) is 46.8 Å². The van der Waals surface area contributed by atoms with Crippen LogP contribution in [-0.2, 0) is 9.36 Å². The van der Waals surface area contributed by atoms with E-state index in [2.05, 4.69) is 5.09 Å². The minimum atomic E-state index is -3.21. The van der Waals surface area contributed by atoms with E-state index in [4.69, 9.17) is 4.52 Å². The second-order valence-electron chi connectivity index (χ2n) is 5.59. The molecule has 0 spiro atoms. The van der Waals surface area contributed by atoms with Crippen LogP contribution < -0.4 is 9.61 Å². The topological polar surface area (TPSA) is 55.4 Å². The molecule has 0 fully saturated rings. The van der Waals surface area contributed by atoms with Gasteiger partial charge in [-0.1, -0.05) is 18.2 Å². The average Bonchev–Trinajstić information content (AvgIpc) is 2.28. The van der Waals surface area contributed by atoms with Crippen molar-refractivity contribution in [1.82, 2.24) is 5.09 Å². The summed E-state index contributed by atoms with van der Waals surface area (Å²) < 4.78 is 18.7. The van der Waals surface area contributed by atoms with Crippen LogP contribution in [0.15, 0.2) is 30.3 Å². The minimum Gasteiger partial charge on any atom is -0.432 e. The molecule has 0 aliphatic carbocycles. The Morgan fingerprint density at radius 2 is 1.79 bits per heavy atom. The molecular formula is C14H22NO3P. The van der Waals surface area contributed by atoms with Crippen molar-refractivity contribution in [1.29, 1.82) is 0 Å². The lowest BCUT2D eigenvalue weighted by Crippen LogP contribution is -2.37. The van der Waals surface area contributed by atoms with Crippen molar-refractivity contribution in [2.24, 2.45) is 0 Å². The van der Waals surface area contributed by atoms with Gasteiger partial charge in [-0.3, -0.25) is 9.36 Å². The third kappa shape index (κ3) is 4.19. The van der Waals surface area contributed by atoms with Crippen LogP contribution in [-0.4, -0.2) is 17.0 Å². The molecule has 1 aromatic carbocycles. The number of ketones is 1.